The number of nitrogens with zero attached hydrogens (tertiary/aromatic N) is 2. The van der Waals surface area contributed by atoms with Gasteiger partial charge < -0.3 is 5.11 Å². The van der Waals surface area contributed by atoms with Gasteiger partial charge in [0, 0.05) is 43.7 Å². The third kappa shape index (κ3) is 8.61. The van der Waals surface area contributed by atoms with E-state index in [9.17, 15) is 13.9 Å². The van der Waals surface area contributed by atoms with Crippen molar-refractivity contribution >= 4 is 11.6 Å². The number of likely N-dealkylation sites (tertiary alicyclic amines) is 2. The van der Waals surface area contributed by atoms with E-state index in [4.69, 9.17) is 11.6 Å². The summed E-state index contributed by atoms with van der Waals surface area (Å²) in [6.45, 7) is 6.23. The van der Waals surface area contributed by atoms with Crippen molar-refractivity contribution in [2.45, 2.75) is 38.5 Å². The molecule has 1 N–H and O–H groups in total. The van der Waals surface area contributed by atoms with Gasteiger partial charge in [0.25, 0.3) is 0 Å². The zero-order chi connectivity index (χ0) is 26.0. The van der Waals surface area contributed by atoms with Gasteiger partial charge >= 0.3 is 0 Å². The molecule has 198 valence electrons. The second kappa shape index (κ2) is 14.0. The number of hydrogen-bond acceptors (Lipinski definition) is 3. The molecular weight excluding hydrogens is 490 g/mol. The Morgan fingerprint density at radius 1 is 0.784 bits per heavy atom. The second-order valence-electron chi connectivity index (χ2n) is 10.3. The van der Waals surface area contributed by atoms with Crippen molar-refractivity contribution in [2.24, 2.45) is 11.8 Å². The van der Waals surface area contributed by atoms with Crippen molar-refractivity contribution in [3.8, 4) is 0 Å². The quantitative estimate of drug-likeness (QED) is 0.332. The lowest BCUT2D eigenvalue weighted by atomic mass is 9.96. The number of benzene rings is 3. The number of halogens is 3. The van der Waals surface area contributed by atoms with Crippen LogP contribution in [0.2, 0.25) is 0 Å². The van der Waals surface area contributed by atoms with Crippen LogP contribution in [0.25, 0.3) is 0 Å². The molecule has 0 amide bonds. The molecule has 3 aromatic carbocycles. The fourth-order valence-electron chi connectivity index (χ4n) is 5.33. The summed E-state index contributed by atoms with van der Waals surface area (Å²) in [7, 11) is 0. The maximum atomic E-state index is 13.7. The van der Waals surface area contributed by atoms with Crippen LogP contribution in [0.3, 0.4) is 0 Å². The molecule has 0 aliphatic carbocycles. The molecule has 2 heterocycles. The molecule has 3 unspecified atom stereocenters. The number of hydrogen-bond donors (Lipinski definition) is 1. The van der Waals surface area contributed by atoms with E-state index in [-0.39, 0.29) is 5.56 Å². The van der Waals surface area contributed by atoms with Crippen molar-refractivity contribution < 1.29 is 13.9 Å². The fraction of sp³-hybridized carbons (Fsp3) is 0.419. The molecule has 3 aromatic rings. The monoisotopic (exact) mass is 526 g/mol. The van der Waals surface area contributed by atoms with Crippen LogP contribution in [0, 0.1) is 23.5 Å². The Morgan fingerprint density at radius 2 is 1.32 bits per heavy atom. The summed E-state index contributed by atoms with van der Waals surface area (Å²) in [4.78, 5) is 4.84. The summed E-state index contributed by atoms with van der Waals surface area (Å²) in [6, 6.07) is 24.3. The molecule has 0 aromatic heterocycles. The largest absolute Gasteiger partial charge is 0.388 e. The van der Waals surface area contributed by atoms with Crippen molar-refractivity contribution in [3.63, 3.8) is 0 Å². The molecular formula is C31H37ClF2N2O. The zero-order valence-electron chi connectivity index (χ0n) is 21.3. The van der Waals surface area contributed by atoms with Gasteiger partial charge in [-0.1, -0.05) is 66.7 Å². The number of rotatable bonds is 8. The highest BCUT2D eigenvalue weighted by molar-refractivity contribution is 6.18. The van der Waals surface area contributed by atoms with E-state index in [1.165, 1.54) is 42.8 Å². The first-order valence-corrected chi connectivity index (χ1v) is 13.7. The molecule has 6 heteroatoms. The van der Waals surface area contributed by atoms with Crippen molar-refractivity contribution in [2.75, 3.05) is 32.1 Å². The average Bonchev–Trinajstić information content (AvgIpc) is 3.54. The molecule has 2 aliphatic heterocycles. The molecule has 2 aliphatic rings. The van der Waals surface area contributed by atoms with Gasteiger partial charge in [-0.15, -0.1) is 11.6 Å². The standard InChI is InChI=1S/C19H21F2NO.C12H16ClN/c20-16-6-7-17(18(21)11-16)19(23)10-15-8-9-22(13-15)12-14-4-2-1-3-5-14;13-8-12-6-7-14(10-12)9-11-4-2-1-3-5-11/h1-7,11,15,19,23H,8-10,12-13H2;1-5,12H,6-10H2. The van der Waals surface area contributed by atoms with E-state index < -0.39 is 17.7 Å². The van der Waals surface area contributed by atoms with Gasteiger partial charge in [0.05, 0.1) is 6.10 Å². The van der Waals surface area contributed by atoms with Crippen LogP contribution >= 0.6 is 11.6 Å². The minimum Gasteiger partial charge on any atom is -0.388 e. The lowest BCUT2D eigenvalue weighted by Crippen LogP contribution is -2.20. The molecule has 2 fully saturated rings. The molecule has 0 spiro atoms. The van der Waals surface area contributed by atoms with Gasteiger partial charge in [-0.3, -0.25) is 9.80 Å². The van der Waals surface area contributed by atoms with Crippen molar-refractivity contribution in [1.82, 2.24) is 9.80 Å². The molecule has 0 saturated carbocycles. The first-order valence-electron chi connectivity index (χ1n) is 13.2. The average molecular weight is 527 g/mol. The summed E-state index contributed by atoms with van der Waals surface area (Å²) in [5, 5.41) is 10.2. The van der Waals surface area contributed by atoms with Gasteiger partial charge in [-0.05, 0) is 61.4 Å². The summed E-state index contributed by atoms with van der Waals surface area (Å²) in [5.74, 6) is 0.564. The van der Waals surface area contributed by atoms with Crippen molar-refractivity contribution in [3.05, 3.63) is 107 Å². The molecule has 5 rings (SSSR count). The molecule has 0 bridgehead atoms. The topological polar surface area (TPSA) is 26.7 Å². The zero-order valence-corrected chi connectivity index (χ0v) is 22.0. The van der Waals surface area contributed by atoms with Crippen LogP contribution in [0.5, 0.6) is 0 Å². The van der Waals surface area contributed by atoms with Crippen LogP contribution in [-0.2, 0) is 13.1 Å². The Hall–Kier alpha value is -2.31. The van der Waals surface area contributed by atoms with Crippen LogP contribution < -0.4 is 0 Å². The van der Waals surface area contributed by atoms with E-state index in [2.05, 4.69) is 52.3 Å². The second-order valence-corrected chi connectivity index (χ2v) is 10.6. The highest BCUT2D eigenvalue weighted by Crippen LogP contribution is 2.30. The predicted molar refractivity (Wildman–Crippen MR) is 146 cm³/mol. The van der Waals surface area contributed by atoms with Gasteiger partial charge in [0.1, 0.15) is 11.6 Å². The molecule has 2 saturated heterocycles. The molecule has 37 heavy (non-hydrogen) atoms. The predicted octanol–water partition coefficient (Wildman–Crippen LogP) is 6.66. The minimum atomic E-state index is -0.878. The van der Waals surface area contributed by atoms with Crippen LogP contribution in [0.4, 0.5) is 8.78 Å². The summed E-state index contributed by atoms with van der Waals surface area (Å²) < 4.78 is 26.7. The highest BCUT2D eigenvalue weighted by Gasteiger charge is 2.26. The Labute approximate surface area is 224 Å². The summed E-state index contributed by atoms with van der Waals surface area (Å²) >= 11 is 5.85. The van der Waals surface area contributed by atoms with Crippen LogP contribution in [0.15, 0.2) is 78.9 Å². The Balaban J connectivity index is 0.000000195. The Bertz CT molecular complexity index is 1090. The van der Waals surface area contributed by atoms with Gasteiger partial charge in [0.2, 0.25) is 0 Å². The number of alkyl halides is 1. The van der Waals surface area contributed by atoms with Gasteiger partial charge in [0.15, 0.2) is 0 Å². The number of aliphatic hydroxyl groups excluding tert-OH is 1. The van der Waals surface area contributed by atoms with Gasteiger partial charge in [-0.2, -0.15) is 0 Å². The SMILES string of the molecule is ClCC1CCN(Cc2ccccc2)C1.OC(CC1CCN(Cc2ccccc2)C1)c1ccc(F)cc1F. The van der Waals surface area contributed by atoms with E-state index in [1.54, 1.807) is 0 Å². The smallest absolute Gasteiger partial charge is 0.131 e. The first-order chi connectivity index (χ1) is 18.0. The maximum absolute atomic E-state index is 13.7. The highest BCUT2D eigenvalue weighted by atomic mass is 35.5. The van der Waals surface area contributed by atoms with Crippen LogP contribution in [0.1, 0.15) is 42.1 Å². The number of aliphatic hydroxyl groups is 1. The van der Waals surface area contributed by atoms with Crippen molar-refractivity contribution in [1.29, 1.82) is 0 Å². The summed E-state index contributed by atoms with van der Waals surface area (Å²) in [5.41, 5.74) is 2.87. The molecule has 3 nitrogen and oxygen atoms in total. The minimum absolute atomic E-state index is 0.188. The Morgan fingerprint density at radius 3 is 1.84 bits per heavy atom. The lowest BCUT2D eigenvalue weighted by Gasteiger charge is -2.18. The van der Waals surface area contributed by atoms with E-state index in [0.29, 0.717) is 18.3 Å². The van der Waals surface area contributed by atoms with E-state index in [0.717, 1.165) is 44.5 Å². The molecule has 3 atom stereocenters. The first kappa shape index (κ1) is 27.7. The van der Waals surface area contributed by atoms with Gasteiger partial charge in [-0.25, -0.2) is 8.78 Å². The third-order valence-corrected chi connectivity index (χ3v) is 7.77. The fourth-order valence-corrected chi connectivity index (χ4v) is 5.58. The van der Waals surface area contributed by atoms with Crippen LogP contribution in [-0.4, -0.2) is 47.0 Å². The molecule has 0 radical (unpaired) electrons. The van der Waals surface area contributed by atoms with E-state index in [1.807, 2.05) is 18.2 Å². The van der Waals surface area contributed by atoms with E-state index >= 15 is 0 Å². The maximum Gasteiger partial charge on any atom is 0.131 e. The third-order valence-electron chi connectivity index (χ3n) is 7.33. The Kier molecular flexibility index (Phi) is 10.5. The normalized spacial score (nSPS) is 21.0. The lowest BCUT2D eigenvalue weighted by molar-refractivity contribution is 0.139. The summed E-state index contributed by atoms with van der Waals surface area (Å²) in [6.07, 6.45) is 1.88.